The van der Waals surface area contributed by atoms with Crippen molar-refractivity contribution in [3.63, 3.8) is 0 Å². The summed E-state index contributed by atoms with van der Waals surface area (Å²) >= 11 is 0. The first-order chi connectivity index (χ1) is 7.99. The molecule has 1 aliphatic rings. The number of hydrogen-bond acceptors (Lipinski definition) is 3. The van der Waals surface area contributed by atoms with E-state index in [1.165, 1.54) is 0 Å². The van der Waals surface area contributed by atoms with Crippen LogP contribution >= 0.6 is 0 Å². The summed E-state index contributed by atoms with van der Waals surface area (Å²) in [5.41, 5.74) is 7.37. The largest absolute Gasteiger partial charge is 0.398 e. The van der Waals surface area contributed by atoms with E-state index in [0.29, 0.717) is 18.8 Å². The fraction of sp³-hybridized carbons (Fsp3) is 0.500. The maximum atomic E-state index is 12.0. The van der Waals surface area contributed by atoms with Gasteiger partial charge in [0.05, 0.1) is 5.75 Å². The first-order valence-electron chi connectivity index (χ1n) is 5.80. The Labute approximate surface area is 102 Å². The van der Waals surface area contributed by atoms with Crippen molar-refractivity contribution < 1.29 is 8.42 Å². The molecular weight excluding hydrogens is 236 g/mol. The van der Waals surface area contributed by atoms with Gasteiger partial charge in [-0.05, 0) is 24.0 Å². The Morgan fingerprint density at radius 3 is 2.76 bits per heavy atom. The maximum absolute atomic E-state index is 12.0. The zero-order valence-corrected chi connectivity index (χ0v) is 10.8. The van der Waals surface area contributed by atoms with E-state index < -0.39 is 10.0 Å². The number of nitrogen functional groups attached to an aromatic ring is 1. The van der Waals surface area contributed by atoms with E-state index in [4.69, 9.17) is 5.73 Å². The SMILES string of the molecule is CC1CCN(Cc2ccccc2N)S(=O)(=O)C1. The summed E-state index contributed by atoms with van der Waals surface area (Å²) in [4.78, 5) is 0. The third-order valence-electron chi connectivity index (χ3n) is 3.16. The third-order valence-corrected chi connectivity index (χ3v) is 5.25. The fourth-order valence-corrected chi connectivity index (χ4v) is 3.91. The molecule has 1 aromatic carbocycles. The van der Waals surface area contributed by atoms with Crippen molar-refractivity contribution in [1.82, 2.24) is 4.31 Å². The molecule has 17 heavy (non-hydrogen) atoms. The van der Waals surface area contributed by atoms with Crippen molar-refractivity contribution in [1.29, 1.82) is 0 Å². The van der Waals surface area contributed by atoms with E-state index >= 15 is 0 Å². The Kier molecular flexibility index (Phi) is 3.40. The average molecular weight is 254 g/mol. The minimum atomic E-state index is -3.11. The highest BCUT2D eigenvalue weighted by Crippen LogP contribution is 2.22. The Bertz CT molecular complexity index is 499. The van der Waals surface area contributed by atoms with Crippen LogP contribution in [0.3, 0.4) is 0 Å². The van der Waals surface area contributed by atoms with Gasteiger partial charge in [0.15, 0.2) is 0 Å². The predicted octanol–water partition coefficient (Wildman–Crippen LogP) is 1.44. The molecule has 1 unspecified atom stereocenters. The minimum absolute atomic E-state index is 0.250. The normalized spacial score (nSPS) is 24.6. The topological polar surface area (TPSA) is 63.4 Å². The Morgan fingerprint density at radius 2 is 2.12 bits per heavy atom. The van der Waals surface area contributed by atoms with Gasteiger partial charge in [0, 0.05) is 18.8 Å². The van der Waals surface area contributed by atoms with Crippen LogP contribution < -0.4 is 5.73 Å². The summed E-state index contributed by atoms with van der Waals surface area (Å²) < 4.78 is 25.5. The lowest BCUT2D eigenvalue weighted by atomic mass is 10.1. The number of hydrogen-bond donors (Lipinski definition) is 1. The Hall–Kier alpha value is -1.07. The second-order valence-electron chi connectivity index (χ2n) is 4.70. The van der Waals surface area contributed by atoms with Gasteiger partial charge >= 0.3 is 0 Å². The van der Waals surface area contributed by atoms with Crippen LogP contribution in [0, 0.1) is 5.92 Å². The molecule has 1 aromatic rings. The molecule has 1 aliphatic heterocycles. The monoisotopic (exact) mass is 254 g/mol. The molecule has 5 heteroatoms. The van der Waals surface area contributed by atoms with E-state index in [1.807, 2.05) is 25.1 Å². The zero-order valence-electron chi connectivity index (χ0n) is 9.96. The molecular formula is C12H18N2O2S. The molecule has 0 aromatic heterocycles. The molecule has 0 spiro atoms. The lowest BCUT2D eigenvalue weighted by molar-refractivity contribution is 0.345. The summed E-state index contributed by atoms with van der Waals surface area (Å²) in [6.07, 6.45) is 0.923. The molecule has 0 amide bonds. The standard InChI is InChI=1S/C12H18N2O2S/c1-10-6-7-14(17(15,16)9-10)8-11-4-2-3-5-12(11)13/h2-5,10H,6-9,13H2,1H3. The van der Waals surface area contributed by atoms with Crippen LogP contribution in [0.15, 0.2) is 24.3 Å². The van der Waals surface area contributed by atoms with E-state index in [0.717, 1.165) is 12.0 Å². The van der Waals surface area contributed by atoms with E-state index in [-0.39, 0.29) is 11.7 Å². The number of rotatable bonds is 2. The van der Waals surface area contributed by atoms with Gasteiger partial charge < -0.3 is 5.73 Å². The Balaban J connectivity index is 2.17. The number of sulfonamides is 1. The van der Waals surface area contributed by atoms with Crippen molar-refractivity contribution in [2.75, 3.05) is 18.0 Å². The molecule has 94 valence electrons. The van der Waals surface area contributed by atoms with E-state index in [2.05, 4.69) is 0 Å². The van der Waals surface area contributed by atoms with E-state index in [1.54, 1.807) is 10.4 Å². The predicted molar refractivity (Wildman–Crippen MR) is 68.8 cm³/mol. The quantitative estimate of drug-likeness (QED) is 0.812. The van der Waals surface area contributed by atoms with Crippen LogP contribution in [0.2, 0.25) is 0 Å². The van der Waals surface area contributed by atoms with Crippen LogP contribution in [0.1, 0.15) is 18.9 Å². The van der Waals surface area contributed by atoms with Gasteiger partial charge in [0.25, 0.3) is 0 Å². The van der Waals surface area contributed by atoms with Crippen molar-refractivity contribution in [3.05, 3.63) is 29.8 Å². The molecule has 1 atom stereocenters. The average Bonchev–Trinajstić information content (AvgIpc) is 2.24. The molecule has 2 N–H and O–H groups in total. The molecule has 0 saturated carbocycles. The van der Waals surface area contributed by atoms with Gasteiger partial charge in [-0.1, -0.05) is 25.1 Å². The fourth-order valence-electron chi connectivity index (χ4n) is 2.10. The summed E-state index contributed by atoms with van der Waals surface area (Å²) in [5, 5.41) is 0. The summed E-state index contributed by atoms with van der Waals surface area (Å²) in [7, 11) is -3.11. The van der Waals surface area contributed by atoms with Crippen LogP contribution in [-0.4, -0.2) is 25.0 Å². The first kappa shape index (κ1) is 12.4. The number of nitrogens with zero attached hydrogens (tertiary/aromatic N) is 1. The summed E-state index contributed by atoms with van der Waals surface area (Å²) in [6, 6.07) is 7.41. The Morgan fingerprint density at radius 1 is 1.41 bits per heavy atom. The van der Waals surface area contributed by atoms with Gasteiger partial charge in [0.1, 0.15) is 0 Å². The molecule has 2 rings (SSSR count). The number of nitrogens with two attached hydrogens (primary N) is 1. The number of para-hydroxylation sites is 1. The molecule has 0 aliphatic carbocycles. The van der Waals surface area contributed by atoms with Crippen molar-refractivity contribution in [2.45, 2.75) is 19.9 Å². The second kappa shape index (κ2) is 4.66. The van der Waals surface area contributed by atoms with Gasteiger partial charge in [-0.25, -0.2) is 8.42 Å². The minimum Gasteiger partial charge on any atom is -0.398 e. The van der Waals surface area contributed by atoms with Crippen molar-refractivity contribution in [2.24, 2.45) is 5.92 Å². The van der Waals surface area contributed by atoms with Crippen molar-refractivity contribution in [3.8, 4) is 0 Å². The van der Waals surface area contributed by atoms with Gasteiger partial charge in [0.2, 0.25) is 10.0 Å². The second-order valence-corrected chi connectivity index (χ2v) is 6.72. The molecule has 1 heterocycles. The summed E-state index contributed by atoms with van der Waals surface area (Å²) in [6.45, 7) is 2.96. The molecule has 4 nitrogen and oxygen atoms in total. The van der Waals surface area contributed by atoms with Crippen molar-refractivity contribution >= 4 is 15.7 Å². The lowest BCUT2D eigenvalue weighted by Crippen LogP contribution is -2.40. The molecule has 1 saturated heterocycles. The maximum Gasteiger partial charge on any atom is 0.214 e. The smallest absolute Gasteiger partial charge is 0.214 e. The van der Waals surface area contributed by atoms with Crippen LogP contribution in [0.25, 0.3) is 0 Å². The highest BCUT2D eigenvalue weighted by atomic mass is 32.2. The van der Waals surface area contributed by atoms with Crippen LogP contribution in [-0.2, 0) is 16.6 Å². The highest BCUT2D eigenvalue weighted by Gasteiger charge is 2.29. The van der Waals surface area contributed by atoms with Crippen LogP contribution in [0.4, 0.5) is 5.69 Å². The van der Waals surface area contributed by atoms with Gasteiger partial charge in [-0.15, -0.1) is 0 Å². The highest BCUT2D eigenvalue weighted by molar-refractivity contribution is 7.89. The third kappa shape index (κ3) is 2.79. The molecule has 0 radical (unpaired) electrons. The molecule has 1 fully saturated rings. The number of benzene rings is 1. The molecule has 0 bridgehead atoms. The summed E-state index contributed by atoms with van der Waals surface area (Å²) in [5.74, 6) is 0.504. The van der Waals surface area contributed by atoms with Gasteiger partial charge in [-0.3, -0.25) is 0 Å². The zero-order chi connectivity index (χ0) is 12.5. The first-order valence-corrected chi connectivity index (χ1v) is 7.41. The van der Waals surface area contributed by atoms with Gasteiger partial charge in [-0.2, -0.15) is 4.31 Å². The lowest BCUT2D eigenvalue weighted by Gasteiger charge is -2.30. The van der Waals surface area contributed by atoms with E-state index in [9.17, 15) is 8.42 Å². The van der Waals surface area contributed by atoms with Crippen LogP contribution in [0.5, 0.6) is 0 Å². The number of anilines is 1.